The summed E-state index contributed by atoms with van der Waals surface area (Å²) in [6.45, 7) is 4.26. The molecule has 0 bridgehead atoms. The maximum absolute atomic E-state index is 3.50. The molecule has 102 valence electrons. The van der Waals surface area contributed by atoms with Crippen LogP contribution in [0, 0.1) is 0 Å². The first-order valence-electron chi connectivity index (χ1n) is 6.78. The van der Waals surface area contributed by atoms with E-state index in [1.807, 2.05) is 11.3 Å². The minimum atomic E-state index is 0.593. The fraction of sp³-hybridized carbons (Fsp3) is 0.375. The predicted molar refractivity (Wildman–Crippen MR) is 88.1 cm³/mol. The highest BCUT2D eigenvalue weighted by Crippen LogP contribution is 2.24. The summed E-state index contributed by atoms with van der Waals surface area (Å²) < 4.78 is 1.15. The number of nitrogens with one attached hydrogen (secondary N) is 1. The number of likely N-dealkylation sites (N-methyl/N-ethyl adjacent to an activating group) is 1. The van der Waals surface area contributed by atoms with E-state index in [4.69, 9.17) is 0 Å². The van der Waals surface area contributed by atoms with Crippen LogP contribution in [0.4, 0.5) is 0 Å². The molecule has 0 saturated carbocycles. The Morgan fingerprint density at radius 3 is 2.63 bits per heavy atom. The molecule has 2 rings (SSSR count). The van der Waals surface area contributed by atoms with E-state index in [1.165, 1.54) is 23.3 Å². The summed E-state index contributed by atoms with van der Waals surface area (Å²) in [4.78, 5) is 1.48. The first-order chi connectivity index (χ1) is 9.29. The SMILES string of the molecule is CCNCC(CCc1cccs1)c1ccc(Br)cc1. The van der Waals surface area contributed by atoms with Crippen molar-refractivity contribution in [2.45, 2.75) is 25.7 Å². The Bertz CT molecular complexity index is 464. The molecule has 0 fully saturated rings. The van der Waals surface area contributed by atoms with Gasteiger partial charge in [0, 0.05) is 15.9 Å². The highest BCUT2D eigenvalue weighted by atomic mass is 79.9. The Kier molecular flexibility index (Phi) is 6.08. The highest BCUT2D eigenvalue weighted by molar-refractivity contribution is 9.10. The Morgan fingerprint density at radius 2 is 2.00 bits per heavy atom. The molecular weight excluding hydrogens is 318 g/mol. The standard InChI is InChI=1S/C16H20BrNS/c1-2-18-12-14(7-10-16-4-3-11-19-16)13-5-8-15(17)9-6-13/h3-6,8-9,11,14,18H,2,7,10,12H2,1H3. The van der Waals surface area contributed by atoms with Crippen molar-refractivity contribution in [3.05, 3.63) is 56.7 Å². The molecule has 0 spiro atoms. The van der Waals surface area contributed by atoms with E-state index in [9.17, 15) is 0 Å². The second kappa shape index (κ2) is 7.83. The molecule has 0 aliphatic carbocycles. The van der Waals surface area contributed by atoms with E-state index < -0.39 is 0 Å². The van der Waals surface area contributed by atoms with Crippen LogP contribution >= 0.6 is 27.3 Å². The third-order valence-corrected chi connectivity index (χ3v) is 4.77. The normalized spacial score (nSPS) is 12.5. The molecule has 1 unspecified atom stereocenters. The van der Waals surface area contributed by atoms with Crippen LogP contribution in [0.15, 0.2) is 46.3 Å². The van der Waals surface area contributed by atoms with Crippen molar-refractivity contribution in [2.24, 2.45) is 0 Å². The zero-order chi connectivity index (χ0) is 13.5. The minimum absolute atomic E-state index is 0.593. The van der Waals surface area contributed by atoms with Crippen molar-refractivity contribution in [3.63, 3.8) is 0 Å². The van der Waals surface area contributed by atoms with E-state index in [2.05, 4.69) is 69.9 Å². The molecule has 2 aromatic rings. The first kappa shape index (κ1) is 14.8. The number of rotatable bonds is 7. The molecule has 0 amide bonds. The number of hydrogen-bond acceptors (Lipinski definition) is 2. The van der Waals surface area contributed by atoms with Gasteiger partial charge in [-0.2, -0.15) is 0 Å². The van der Waals surface area contributed by atoms with Crippen LogP contribution in [-0.2, 0) is 6.42 Å². The summed E-state index contributed by atoms with van der Waals surface area (Å²) in [5, 5.41) is 5.64. The molecule has 1 aromatic carbocycles. The van der Waals surface area contributed by atoms with Crippen LogP contribution in [-0.4, -0.2) is 13.1 Å². The largest absolute Gasteiger partial charge is 0.316 e. The van der Waals surface area contributed by atoms with E-state index in [-0.39, 0.29) is 0 Å². The molecule has 0 saturated heterocycles. The summed E-state index contributed by atoms with van der Waals surface area (Å²) in [7, 11) is 0. The molecule has 1 N–H and O–H groups in total. The number of benzene rings is 1. The maximum atomic E-state index is 3.50. The summed E-state index contributed by atoms with van der Waals surface area (Å²) in [6.07, 6.45) is 2.37. The van der Waals surface area contributed by atoms with Gasteiger partial charge in [0.25, 0.3) is 0 Å². The van der Waals surface area contributed by atoms with Crippen LogP contribution in [0.2, 0.25) is 0 Å². The second-order valence-corrected chi connectivity index (χ2v) is 6.62. The topological polar surface area (TPSA) is 12.0 Å². The van der Waals surface area contributed by atoms with Crippen LogP contribution in [0.5, 0.6) is 0 Å². The molecule has 1 aromatic heterocycles. The van der Waals surface area contributed by atoms with Crippen molar-refractivity contribution < 1.29 is 0 Å². The number of halogens is 1. The molecule has 1 nitrogen and oxygen atoms in total. The third-order valence-electron chi connectivity index (χ3n) is 3.30. The Labute approximate surface area is 128 Å². The quantitative estimate of drug-likeness (QED) is 0.762. The summed E-state index contributed by atoms with van der Waals surface area (Å²) in [5.41, 5.74) is 1.43. The van der Waals surface area contributed by atoms with Gasteiger partial charge in [-0.1, -0.05) is 41.1 Å². The molecule has 3 heteroatoms. The fourth-order valence-electron chi connectivity index (χ4n) is 2.21. The first-order valence-corrected chi connectivity index (χ1v) is 8.45. The summed E-state index contributed by atoms with van der Waals surface area (Å²) >= 11 is 5.36. The fourth-order valence-corrected chi connectivity index (χ4v) is 3.20. The zero-order valence-electron chi connectivity index (χ0n) is 11.2. The zero-order valence-corrected chi connectivity index (χ0v) is 13.6. The van der Waals surface area contributed by atoms with Crippen molar-refractivity contribution in [1.29, 1.82) is 0 Å². The molecular formula is C16H20BrNS. The average Bonchev–Trinajstić information content (AvgIpc) is 2.93. The Hall–Kier alpha value is -0.640. The van der Waals surface area contributed by atoms with Gasteiger partial charge in [0.05, 0.1) is 0 Å². The molecule has 0 aliphatic rings. The Morgan fingerprint density at radius 1 is 1.21 bits per heavy atom. The Balaban J connectivity index is 2.00. The van der Waals surface area contributed by atoms with E-state index >= 15 is 0 Å². The lowest BCUT2D eigenvalue weighted by atomic mass is 9.94. The van der Waals surface area contributed by atoms with Gasteiger partial charge in [0.15, 0.2) is 0 Å². The van der Waals surface area contributed by atoms with Crippen molar-refractivity contribution in [2.75, 3.05) is 13.1 Å². The maximum Gasteiger partial charge on any atom is 0.0175 e. The lowest BCUT2D eigenvalue weighted by Gasteiger charge is -2.17. The van der Waals surface area contributed by atoms with Gasteiger partial charge in [0.2, 0.25) is 0 Å². The number of aryl methyl sites for hydroxylation is 1. The van der Waals surface area contributed by atoms with Gasteiger partial charge < -0.3 is 5.32 Å². The van der Waals surface area contributed by atoms with Crippen molar-refractivity contribution in [3.8, 4) is 0 Å². The van der Waals surface area contributed by atoms with Crippen molar-refractivity contribution >= 4 is 27.3 Å². The lowest BCUT2D eigenvalue weighted by Crippen LogP contribution is -2.21. The minimum Gasteiger partial charge on any atom is -0.316 e. The smallest absolute Gasteiger partial charge is 0.0175 e. The van der Waals surface area contributed by atoms with Crippen LogP contribution in [0.25, 0.3) is 0 Å². The summed E-state index contributed by atoms with van der Waals surface area (Å²) in [5.74, 6) is 0.593. The van der Waals surface area contributed by atoms with Gasteiger partial charge >= 0.3 is 0 Å². The van der Waals surface area contributed by atoms with E-state index in [0.29, 0.717) is 5.92 Å². The van der Waals surface area contributed by atoms with Crippen LogP contribution in [0.3, 0.4) is 0 Å². The monoisotopic (exact) mass is 337 g/mol. The predicted octanol–water partition coefficient (Wildman–Crippen LogP) is 4.84. The molecule has 0 radical (unpaired) electrons. The van der Waals surface area contributed by atoms with Gasteiger partial charge in [-0.05, 0) is 54.4 Å². The molecule has 0 aliphatic heterocycles. The van der Waals surface area contributed by atoms with Crippen molar-refractivity contribution in [1.82, 2.24) is 5.32 Å². The number of hydrogen-bond donors (Lipinski definition) is 1. The second-order valence-electron chi connectivity index (χ2n) is 4.67. The van der Waals surface area contributed by atoms with Gasteiger partial charge in [0.1, 0.15) is 0 Å². The number of thiophene rings is 1. The van der Waals surface area contributed by atoms with Gasteiger partial charge in [-0.3, -0.25) is 0 Å². The molecule has 19 heavy (non-hydrogen) atoms. The lowest BCUT2D eigenvalue weighted by molar-refractivity contribution is 0.563. The summed E-state index contributed by atoms with van der Waals surface area (Å²) in [6, 6.07) is 13.1. The molecule has 1 atom stereocenters. The third kappa shape index (κ3) is 4.75. The van der Waals surface area contributed by atoms with E-state index in [1.54, 1.807) is 0 Å². The van der Waals surface area contributed by atoms with Gasteiger partial charge in [-0.15, -0.1) is 11.3 Å². The van der Waals surface area contributed by atoms with Crippen LogP contribution in [0.1, 0.15) is 29.7 Å². The van der Waals surface area contributed by atoms with Gasteiger partial charge in [-0.25, -0.2) is 0 Å². The molecule has 1 heterocycles. The average molecular weight is 338 g/mol. The van der Waals surface area contributed by atoms with Crippen LogP contribution < -0.4 is 5.32 Å². The highest BCUT2D eigenvalue weighted by Gasteiger charge is 2.11. The van der Waals surface area contributed by atoms with E-state index in [0.717, 1.165) is 17.6 Å².